The van der Waals surface area contributed by atoms with E-state index in [0.29, 0.717) is 5.56 Å². The molecule has 8 nitrogen and oxygen atoms in total. The first-order valence-corrected chi connectivity index (χ1v) is 9.66. The SMILES string of the molecule is CC1(C)S[C@@H]2[C@H](NC(=O)C(N)c3ccc(O)cc3)C(=O)N2[C@H]1C(=O)OCCl. The van der Waals surface area contributed by atoms with Gasteiger partial charge in [0.05, 0.1) is 0 Å². The summed E-state index contributed by atoms with van der Waals surface area (Å²) in [5.41, 5.74) is 6.46. The molecular weight excluding hydrogens is 394 g/mol. The van der Waals surface area contributed by atoms with Crippen LogP contribution in [0.25, 0.3) is 0 Å². The topological polar surface area (TPSA) is 122 Å². The molecule has 2 amide bonds. The van der Waals surface area contributed by atoms with Crippen molar-refractivity contribution >= 4 is 41.1 Å². The molecule has 0 aromatic heterocycles. The highest BCUT2D eigenvalue weighted by Gasteiger charge is 2.64. The number of β-lactam (4-membered cyclic amide) rings is 1. The van der Waals surface area contributed by atoms with Crippen LogP contribution in [0.4, 0.5) is 0 Å². The number of nitrogens with two attached hydrogens (primary N) is 1. The minimum atomic E-state index is -0.983. The number of carbonyl (C=O) groups excluding carboxylic acids is 3. The highest BCUT2D eigenvalue weighted by atomic mass is 35.5. The van der Waals surface area contributed by atoms with Crippen LogP contribution in [-0.4, -0.2) is 56.1 Å². The van der Waals surface area contributed by atoms with E-state index in [9.17, 15) is 19.5 Å². The summed E-state index contributed by atoms with van der Waals surface area (Å²) < 4.78 is 4.29. The molecular formula is C17H20ClN3O5S. The molecule has 0 saturated carbocycles. The smallest absolute Gasteiger partial charge is 0.331 e. The molecule has 3 rings (SSSR count). The Morgan fingerprint density at radius 2 is 2.04 bits per heavy atom. The van der Waals surface area contributed by atoms with Crippen molar-refractivity contribution < 1.29 is 24.2 Å². The number of benzene rings is 1. The number of fused-ring (bicyclic) bond motifs is 1. The van der Waals surface area contributed by atoms with Gasteiger partial charge in [-0.05, 0) is 31.5 Å². The van der Waals surface area contributed by atoms with Crippen molar-refractivity contribution in [3.05, 3.63) is 29.8 Å². The maximum atomic E-state index is 12.6. The lowest BCUT2D eigenvalue weighted by Gasteiger charge is -2.44. The quantitative estimate of drug-likeness (QED) is 0.368. The molecule has 0 radical (unpaired) electrons. The molecule has 1 unspecified atom stereocenters. The Labute approximate surface area is 165 Å². The number of ether oxygens (including phenoxy) is 1. The van der Waals surface area contributed by atoms with E-state index in [-0.39, 0.29) is 23.1 Å². The zero-order chi connectivity index (χ0) is 19.9. The van der Waals surface area contributed by atoms with Crippen molar-refractivity contribution in [2.24, 2.45) is 5.73 Å². The van der Waals surface area contributed by atoms with Crippen LogP contribution in [-0.2, 0) is 19.1 Å². The summed E-state index contributed by atoms with van der Waals surface area (Å²) in [5, 5.41) is 11.6. The fourth-order valence-corrected chi connectivity index (χ4v) is 5.06. The molecule has 27 heavy (non-hydrogen) atoms. The lowest BCUT2D eigenvalue weighted by Crippen LogP contribution is -2.71. The molecule has 2 aliphatic heterocycles. The van der Waals surface area contributed by atoms with Gasteiger partial charge in [-0.2, -0.15) is 0 Å². The Hall–Kier alpha value is -1.97. The van der Waals surface area contributed by atoms with E-state index in [1.807, 2.05) is 13.8 Å². The predicted molar refractivity (Wildman–Crippen MR) is 99.9 cm³/mol. The minimum Gasteiger partial charge on any atom is -0.508 e. The Morgan fingerprint density at radius 1 is 1.41 bits per heavy atom. The second kappa shape index (κ2) is 7.21. The van der Waals surface area contributed by atoms with Crippen molar-refractivity contribution in [3.8, 4) is 5.75 Å². The Kier molecular flexibility index (Phi) is 5.29. The number of esters is 1. The number of nitrogens with zero attached hydrogens (tertiary/aromatic N) is 1. The van der Waals surface area contributed by atoms with Crippen molar-refractivity contribution in [1.82, 2.24) is 10.2 Å². The first-order valence-electron chi connectivity index (χ1n) is 8.25. The summed E-state index contributed by atoms with van der Waals surface area (Å²) in [7, 11) is 0. The van der Waals surface area contributed by atoms with Gasteiger partial charge >= 0.3 is 5.97 Å². The monoisotopic (exact) mass is 413 g/mol. The molecule has 0 spiro atoms. The molecule has 0 aliphatic carbocycles. The molecule has 2 aliphatic rings. The molecule has 1 aromatic rings. The van der Waals surface area contributed by atoms with Crippen LogP contribution in [0.3, 0.4) is 0 Å². The number of aromatic hydroxyl groups is 1. The van der Waals surface area contributed by atoms with Gasteiger partial charge in [-0.3, -0.25) is 9.59 Å². The summed E-state index contributed by atoms with van der Waals surface area (Å²) in [6.07, 6.45) is 0. The van der Waals surface area contributed by atoms with Gasteiger partial charge in [-0.25, -0.2) is 4.79 Å². The van der Waals surface area contributed by atoms with Crippen LogP contribution in [0.5, 0.6) is 5.75 Å². The highest BCUT2D eigenvalue weighted by molar-refractivity contribution is 8.01. The number of phenolic OH excluding ortho intramolecular Hbond substituents is 1. The van der Waals surface area contributed by atoms with Crippen LogP contribution in [0, 0.1) is 0 Å². The second-order valence-electron chi connectivity index (χ2n) is 6.89. The third-order valence-electron chi connectivity index (χ3n) is 4.69. The average Bonchev–Trinajstić information content (AvgIpc) is 2.87. The fraction of sp³-hybridized carbons (Fsp3) is 0.471. The summed E-state index contributed by atoms with van der Waals surface area (Å²) in [5.74, 6) is -1.37. The van der Waals surface area contributed by atoms with E-state index in [2.05, 4.69) is 5.32 Å². The number of halogens is 1. The summed E-state index contributed by atoms with van der Waals surface area (Å²) in [6.45, 7) is 3.68. The maximum absolute atomic E-state index is 12.6. The third kappa shape index (κ3) is 3.46. The van der Waals surface area contributed by atoms with Gasteiger partial charge in [-0.1, -0.05) is 23.7 Å². The van der Waals surface area contributed by atoms with E-state index in [4.69, 9.17) is 22.1 Å². The first-order chi connectivity index (χ1) is 12.7. The fourth-order valence-electron chi connectivity index (χ4n) is 3.34. The van der Waals surface area contributed by atoms with Gasteiger partial charge in [-0.15, -0.1) is 11.8 Å². The van der Waals surface area contributed by atoms with Crippen LogP contribution in [0.2, 0.25) is 0 Å². The van der Waals surface area contributed by atoms with Crippen molar-refractivity contribution in [3.63, 3.8) is 0 Å². The molecule has 2 saturated heterocycles. The number of carbonyl (C=O) groups is 3. The number of amides is 2. The van der Waals surface area contributed by atoms with Crippen LogP contribution >= 0.6 is 23.4 Å². The molecule has 2 heterocycles. The summed E-state index contributed by atoms with van der Waals surface area (Å²) in [4.78, 5) is 38.7. The Morgan fingerprint density at radius 3 is 2.63 bits per heavy atom. The number of thioether (sulfide) groups is 1. The lowest BCUT2D eigenvalue weighted by molar-refractivity contribution is -0.163. The molecule has 1 aromatic carbocycles. The van der Waals surface area contributed by atoms with Crippen molar-refractivity contribution in [1.29, 1.82) is 0 Å². The van der Waals surface area contributed by atoms with Crippen LogP contribution in [0.15, 0.2) is 24.3 Å². The van der Waals surface area contributed by atoms with Gasteiger partial charge in [0.2, 0.25) is 11.8 Å². The maximum Gasteiger partial charge on any atom is 0.331 e. The zero-order valence-electron chi connectivity index (χ0n) is 14.7. The number of rotatable bonds is 5. The van der Waals surface area contributed by atoms with E-state index in [0.717, 1.165) is 0 Å². The standard InChI is InChI=1S/C17H20ClN3O5S/c1-17(2)12(16(25)26-7-18)21-14(24)11(15(21)27-17)20-13(23)10(19)8-3-5-9(22)6-4-8/h3-6,10-12,15,22H,7,19H2,1-2H3,(H,20,23)/t10?,11-,12+,15-/m1/s1. The predicted octanol–water partition coefficient (Wildman–Crippen LogP) is 0.679. The number of phenols is 1. The Balaban J connectivity index is 1.70. The summed E-state index contributed by atoms with van der Waals surface area (Å²) in [6, 6.07) is 3.15. The Bertz CT molecular complexity index is 772. The second-order valence-corrected chi connectivity index (χ2v) is 8.88. The van der Waals surface area contributed by atoms with Gasteiger partial charge < -0.3 is 25.8 Å². The normalized spacial score (nSPS) is 26.7. The minimum absolute atomic E-state index is 0.0654. The van der Waals surface area contributed by atoms with E-state index in [1.54, 1.807) is 12.1 Å². The number of alkyl halides is 1. The van der Waals surface area contributed by atoms with Gasteiger partial charge in [0, 0.05) is 4.75 Å². The molecule has 10 heteroatoms. The van der Waals surface area contributed by atoms with Gasteiger partial charge in [0.1, 0.15) is 29.2 Å². The lowest BCUT2D eigenvalue weighted by atomic mass is 9.95. The third-order valence-corrected chi connectivity index (χ3v) is 6.37. The van der Waals surface area contributed by atoms with E-state index < -0.39 is 34.7 Å². The zero-order valence-corrected chi connectivity index (χ0v) is 16.3. The van der Waals surface area contributed by atoms with Crippen molar-refractivity contribution in [2.45, 2.75) is 42.1 Å². The van der Waals surface area contributed by atoms with Crippen LogP contribution < -0.4 is 11.1 Å². The number of hydrogen-bond acceptors (Lipinski definition) is 7. The van der Waals surface area contributed by atoms with E-state index in [1.165, 1.54) is 28.8 Å². The van der Waals surface area contributed by atoms with Gasteiger partial charge in [0.25, 0.3) is 0 Å². The van der Waals surface area contributed by atoms with Crippen molar-refractivity contribution in [2.75, 3.05) is 6.07 Å². The summed E-state index contributed by atoms with van der Waals surface area (Å²) >= 11 is 6.88. The molecule has 146 valence electrons. The van der Waals surface area contributed by atoms with Gasteiger partial charge in [0.15, 0.2) is 6.07 Å². The largest absolute Gasteiger partial charge is 0.508 e. The van der Waals surface area contributed by atoms with Crippen LogP contribution in [0.1, 0.15) is 25.5 Å². The highest BCUT2D eigenvalue weighted by Crippen LogP contribution is 2.51. The molecule has 4 atom stereocenters. The first kappa shape index (κ1) is 19.8. The van der Waals surface area contributed by atoms with E-state index >= 15 is 0 Å². The average molecular weight is 414 g/mol. The molecule has 4 N–H and O–H groups in total. The number of hydrogen-bond donors (Lipinski definition) is 3. The molecule has 0 bridgehead atoms. The number of nitrogens with one attached hydrogen (secondary N) is 1. The molecule has 2 fully saturated rings.